The molecule has 0 rings (SSSR count). The first-order valence-corrected chi connectivity index (χ1v) is 6.27. The van der Waals surface area contributed by atoms with Crippen LogP contribution in [0.2, 0.25) is 0 Å². The Kier molecular flexibility index (Phi) is 7.48. The van der Waals surface area contributed by atoms with Gasteiger partial charge in [-0.1, -0.05) is 19.9 Å². The lowest BCUT2D eigenvalue weighted by molar-refractivity contribution is -0.131. The van der Waals surface area contributed by atoms with E-state index < -0.39 is 23.9 Å². The SMILES string of the molecule is C=CCC[C@@H](NC(=O)[C@H](NC(C)=O)C(C)C)C(N)=O. The molecule has 108 valence electrons. The minimum Gasteiger partial charge on any atom is -0.368 e. The Bertz CT molecular complexity index is 353. The van der Waals surface area contributed by atoms with E-state index in [1.165, 1.54) is 6.92 Å². The molecular formula is C13H23N3O3. The van der Waals surface area contributed by atoms with Gasteiger partial charge in [0, 0.05) is 6.92 Å². The lowest BCUT2D eigenvalue weighted by atomic mass is 10.0. The zero-order chi connectivity index (χ0) is 15.0. The summed E-state index contributed by atoms with van der Waals surface area (Å²) >= 11 is 0. The Hall–Kier alpha value is -1.85. The average Bonchev–Trinajstić information content (AvgIpc) is 2.30. The van der Waals surface area contributed by atoms with E-state index in [2.05, 4.69) is 17.2 Å². The topological polar surface area (TPSA) is 101 Å². The number of carbonyl (C=O) groups excluding carboxylic acids is 3. The van der Waals surface area contributed by atoms with E-state index in [0.29, 0.717) is 12.8 Å². The molecule has 6 heteroatoms. The third kappa shape index (κ3) is 6.59. The Morgan fingerprint density at radius 2 is 1.84 bits per heavy atom. The van der Waals surface area contributed by atoms with E-state index >= 15 is 0 Å². The van der Waals surface area contributed by atoms with Crippen LogP contribution < -0.4 is 16.4 Å². The third-order valence-corrected chi connectivity index (χ3v) is 2.63. The fraction of sp³-hybridized carbons (Fsp3) is 0.615. The lowest BCUT2D eigenvalue weighted by Gasteiger charge is -2.23. The van der Waals surface area contributed by atoms with Crippen molar-refractivity contribution in [2.45, 2.75) is 45.7 Å². The van der Waals surface area contributed by atoms with Gasteiger partial charge in [-0.15, -0.1) is 6.58 Å². The van der Waals surface area contributed by atoms with E-state index in [1.54, 1.807) is 6.08 Å². The molecule has 19 heavy (non-hydrogen) atoms. The Morgan fingerprint density at radius 3 is 2.21 bits per heavy atom. The second-order valence-corrected chi connectivity index (χ2v) is 4.75. The monoisotopic (exact) mass is 269 g/mol. The van der Waals surface area contributed by atoms with Gasteiger partial charge < -0.3 is 16.4 Å². The second-order valence-electron chi connectivity index (χ2n) is 4.75. The average molecular weight is 269 g/mol. The van der Waals surface area contributed by atoms with Crippen molar-refractivity contribution in [2.75, 3.05) is 0 Å². The van der Waals surface area contributed by atoms with Crippen molar-refractivity contribution < 1.29 is 14.4 Å². The molecule has 6 nitrogen and oxygen atoms in total. The summed E-state index contributed by atoms with van der Waals surface area (Å²) in [5.41, 5.74) is 5.23. The summed E-state index contributed by atoms with van der Waals surface area (Å²) in [5, 5.41) is 5.12. The Balaban J connectivity index is 4.70. The molecule has 0 aliphatic heterocycles. The van der Waals surface area contributed by atoms with Crippen molar-refractivity contribution in [3.63, 3.8) is 0 Å². The molecule has 0 unspecified atom stereocenters. The summed E-state index contributed by atoms with van der Waals surface area (Å²) in [6.45, 7) is 8.51. The zero-order valence-corrected chi connectivity index (χ0v) is 11.7. The maximum Gasteiger partial charge on any atom is 0.243 e. The van der Waals surface area contributed by atoms with Gasteiger partial charge in [0.05, 0.1) is 0 Å². The largest absolute Gasteiger partial charge is 0.368 e. The minimum absolute atomic E-state index is 0.0863. The smallest absolute Gasteiger partial charge is 0.243 e. The number of rotatable bonds is 8. The Labute approximate surface area is 113 Å². The first-order valence-electron chi connectivity index (χ1n) is 6.27. The Morgan fingerprint density at radius 1 is 1.26 bits per heavy atom. The molecule has 0 aliphatic rings. The molecule has 0 bridgehead atoms. The summed E-state index contributed by atoms with van der Waals surface area (Å²) in [4.78, 5) is 34.3. The van der Waals surface area contributed by atoms with Crippen molar-refractivity contribution >= 4 is 17.7 Å². The van der Waals surface area contributed by atoms with Gasteiger partial charge in [0.2, 0.25) is 17.7 Å². The summed E-state index contributed by atoms with van der Waals surface area (Å²) in [5.74, 6) is -1.38. The predicted octanol–water partition coefficient (Wildman–Crippen LogP) is 0.0834. The molecule has 0 spiro atoms. The van der Waals surface area contributed by atoms with Crippen LogP contribution in [0.1, 0.15) is 33.6 Å². The van der Waals surface area contributed by atoms with Crippen LogP contribution in [0, 0.1) is 5.92 Å². The van der Waals surface area contributed by atoms with Gasteiger partial charge in [0.15, 0.2) is 0 Å². The van der Waals surface area contributed by atoms with E-state index in [1.807, 2.05) is 13.8 Å². The first kappa shape index (κ1) is 17.2. The van der Waals surface area contributed by atoms with E-state index in [9.17, 15) is 14.4 Å². The number of carbonyl (C=O) groups is 3. The highest BCUT2D eigenvalue weighted by molar-refractivity contribution is 5.91. The maximum atomic E-state index is 12.0. The van der Waals surface area contributed by atoms with Gasteiger partial charge >= 0.3 is 0 Å². The van der Waals surface area contributed by atoms with Crippen molar-refractivity contribution in [3.8, 4) is 0 Å². The highest BCUT2D eigenvalue weighted by atomic mass is 16.2. The molecule has 0 saturated carbocycles. The molecule has 0 heterocycles. The van der Waals surface area contributed by atoms with Crippen LogP contribution in [0.5, 0.6) is 0 Å². The molecule has 0 aliphatic carbocycles. The highest BCUT2D eigenvalue weighted by Gasteiger charge is 2.26. The summed E-state index contributed by atoms with van der Waals surface area (Å²) in [7, 11) is 0. The van der Waals surface area contributed by atoms with Crippen molar-refractivity contribution in [1.82, 2.24) is 10.6 Å². The lowest BCUT2D eigenvalue weighted by Crippen LogP contribution is -2.54. The van der Waals surface area contributed by atoms with Gasteiger partial charge in [-0.05, 0) is 18.8 Å². The van der Waals surface area contributed by atoms with Crippen molar-refractivity contribution in [1.29, 1.82) is 0 Å². The number of allylic oxidation sites excluding steroid dienone is 1. The summed E-state index contributed by atoms with van der Waals surface area (Å²) < 4.78 is 0. The van der Waals surface area contributed by atoms with Crippen LogP contribution in [0.3, 0.4) is 0 Å². The molecule has 0 aromatic carbocycles. The molecular weight excluding hydrogens is 246 g/mol. The van der Waals surface area contributed by atoms with Crippen LogP contribution >= 0.6 is 0 Å². The minimum atomic E-state index is -0.750. The fourth-order valence-electron chi connectivity index (χ4n) is 1.59. The molecule has 0 radical (unpaired) electrons. The molecule has 3 amide bonds. The summed E-state index contributed by atoms with van der Waals surface area (Å²) in [6.07, 6.45) is 2.62. The van der Waals surface area contributed by atoms with Crippen LogP contribution in [0.25, 0.3) is 0 Å². The molecule has 0 aromatic rings. The normalized spacial score (nSPS) is 13.5. The zero-order valence-electron chi connectivity index (χ0n) is 11.7. The van der Waals surface area contributed by atoms with Gasteiger partial charge in [0.25, 0.3) is 0 Å². The number of primary amides is 1. The second kappa shape index (κ2) is 8.29. The highest BCUT2D eigenvalue weighted by Crippen LogP contribution is 2.04. The van der Waals surface area contributed by atoms with E-state index in [4.69, 9.17) is 5.73 Å². The molecule has 0 aromatic heterocycles. The predicted molar refractivity (Wildman–Crippen MR) is 73.0 cm³/mol. The molecule has 4 N–H and O–H groups in total. The standard InChI is InChI=1S/C13H23N3O3/c1-5-6-7-10(12(14)18)16-13(19)11(8(2)3)15-9(4)17/h5,8,10-11H,1,6-7H2,2-4H3,(H2,14,18)(H,15,17)(H,16,19)/t10-,11-/m1/s1. The quantitative estimate of drug-likeness (QED) is 0.544. The number of hydrogen-bond donors (Lipinski definition) is 3. The number of nitrogens with two attached hydrogens (primary N) is 1. The van der Waals surface area contributed by atoms with E-state index in [-0.39, 0.29) is 11.8 Å². The molecule has 2 atom stereocenters. The maximum absolute atomic E-state index is 12.0. The van der Waals surface area contributed by atoms with Gasteiger partial charge in [-0.3, -0.25) is 14.4 Å². The van der Waals surface area contributed by atoms with Gasteiger partial charge in [-0.25, -0.2) is 0 Å². The van der Waals surface area contributed by atoms with Gasteiger partial charge in [-0.2, -0.15) is 0 Å². The molecule has 0 fully saturated rings. The number of amides is 3. The van der Waals surface area contributed by atoms with Crippen molar-refractivity contribution in [3.05, 3.63) is 12.7 Å². The fourth-order valence-corrected chi connectivity index (χ4v) is 1.59. The van der Waals surface area contributed by atoms with Crippen LogP contribution in [-0.2, 0) is 14.4 Å². The van der Waals surface area contributed by atoms with Crippen LogP contribution in [0.4, 0.5) is 0 Å². The first-order chi connectivity index (χ1) is 8.79. The van der Waals surface area contributed by atoms with Crippen LogP contribution in [-0.4, -0.2) is 29.8 Å². The number of hydrogen-bond acceptors (Lipinski definition) is 3. The van der Waals surface area contributed by atoms with Crippen LogP contribution in [0.15, 0.2) is 12.7 Å². The van der Waals surface area contributed by atoms with E-state index in [0.717, 1.165) is 0 Å². The van der Waals surface area contributed by atoms with Gasteiger partial charge in [0.1, 0.15) is 12.1 Å². The summed E-state index contributed by atoms with van der Waals surface area (Å²) in [6, 6.07) is -1.43. The third-order valence-electron chi connectivity index (χ3n) is 2.63. The van der Waals surface area contributed by atoms with Crippen molar-refractivity contribution in [2.24, 2.45) is 11.7 Å². The molecule has 0 saturated heterocycles. The number of nitrogens with one attached hydrogen (secondary N) is 2.